The normalized spacial score (nSPS) is 15.8. The second kappa shape index (κ2) is 17.1. The lowest BCUT2D eigenvalue weighted by molar-refractivity contribution is 0.639. The first kappa shape index (κ1) is 45.2. The molecule has 0 bridgehead atoms. The minimum atomic E-state index is -2.29. The van der Waals surface area contributed by atoms with Gasteiger partial charge in [0, 0.05) is 25.2 Å². The standard InChI is InChI=1S/C69H59P2/c1-67(2)61-25-13-7-19-49(61)43-58(55-22-10-16-28-64(55)67)46-31-37-52(38-32-46)71(70,53-39-33-47(34-40-53)59-44-50-20-8-14-26-62(50)68(3,4)65-29-17-11-23-56(59)65)54-41-35-48(36-42-54)60-45-51-21-9-15-27-63(51)69(5,6)66-30-18-12-24-57(60)66/h7-45H,70H2,1-6H3/q+1. The van der Waals surface area contributed by atoms with Crippen molar-refractivity contribution in [1.82, 2.24) is 0 Å². The van der Waals surface area contributed by atoms with Crippen LogP contribution in [-0.2, 0) is 16.2 Å². The van der Waals surface area contributed by atoms with Crippen molar-refractivity contribution >= 4 is 66.7 Å². The van der Waals surface area contributed by atoms with Gasteiger partial charge in [-0.05, 0) is 155 Å². The third-order valence-corrected chi connectivity index (χ3v) is 22.3. The molecule has 71 heavy (non-hydrogen) atoms. The molecule has 0 nitrogen and oxygen atoms in total. The van der Waals surface area contributed by atoms with E-state index < -0.39 is 6.95 Å². The van der Waals surface area contributed by atoms with E-state index in [1.807, 2.05) is 0 Å². The van der Waals surface area contributed by atoms with Gasteiger partial charge in [-0.25, -0.2) is 0 Å². The highest BCUT2D eigenvalue weighted by molar-refractivity contribution is 8.36. The first-order valence-electron chi connectivity index (χ1n) is 25.1. The Morgan fingerprint density at radius 1 is 0.268 bits per heavy atom. The number of benzene rings is 9. The molecular formula is C69H59P2+. The van der Waals surface area contributed by atoms with Crippen LogP contribution in [0.3, 0.4) is 0 Å². The Labute approximate surface area is 424 Å². The Morgan fingerprint density at radius 3 is 0.761 bits per heavy atom. The maximum Gasteiger partial charge on any atom is 0.124 e. The second-order valence-corrected chi connectivity index (χ2v) is 26.6. The molecule has 0 saturated heterocycles. The average Bonchev–Trinajstić information content (AvgIpc) is 3.64. The molecule has 0 aliphatic heterocycles. The van der Waals surface area contributed by atoms with E-state index in [1.54, 1.807) is 0 Å². The van der Waals surface area contributed by atoms with Gasteiger partial charge in [-0.2, -0.15) is 0 Å². The Kier molecular flexibility index (Phi) is 10.9. The molecule has 2 heteroatoms. The zero-order chi connectivity index (χ0) is 48.7. The van der Waals surface area contributed by atoms with Gasteiger partial charge in [0.2, 0.25) is 0 Å². The summed E-state index contributed by atoms with van der Waals surface area (Å²) in [5.41, 5.74) is 22.8. The molecule has 0 radical (unpaired) electrons. The largest absolute Gasteiger partial charge is 0.124 e. The molecule has 0 saturated carbocycles. The van der Waals surface area contributed by atoms with Crippen molar-refractivity contribution in [1.29, 1.82) is 0 Å². The van der Waals surface area contributed by atoms with Gasteiger partial charge in [-0.3, -0.25) is 0 Å². The number of rotatable bonds is 6. The molecule has 1 unspecified atom stereocenters. The quantitative estimate of drug-likeness (QED) is 0.146. The van der Waals surface area contributed by atoms with Gasteiger partial charge < -0.3 is 0 Å². The summed E-state index contributed by atoms with van der Waals surface area (Å²) in [7, 11) is 3.48. The zero-order valence-corrected chi connectivity index (χ0v) is 43.6. The van der Waals surface area contributed by atoms with Crippen molar-refractivity contribution in [2.75, 3.05) is 0 Å². The topological polar surface area (TPSA) is 0 Å². The van der Waals surface area contributed by atoms with Gasteiger partial charge in [-0.1, -0.05) is 224 Å². The predicted octanol–water partition coefficient (Wildman–Crippen LogP) is 16.5. The highest BCUT2D eigenvalue weighted by Gasteiger charge is 2.42. The van der Waals surface area contributed by atoms with Crippen molar-refractivity contribution in [2.24, 2.45) is 0 Å². The summed E-state index contributed by atoms with van der Waals surface area (Å²) in [6, 6.07) is 82.5. The van der Waals surface area contributed by atoms with Crippen LogP contribution in [0.4, 0.5) is 0 Å². The SMILES string of the molecule is CC1(C)c2ccccc2C=C(c2ccc([P+](P)(c3ccc(C4=Cc5ccccc5C(C)(C)c5ccccc54)cc3)c3ccc(C4=Cc5ccccc5C(C)(C)c5ccccc54)cc3)cc2)c2ccccc21. The van der Waals surface area contributed by atoms with Crippen molar-refractivity contribution in [3.8, 4) is 0 Å². The van der Waals surface area contributed by atoms with Crippen molar-refractivity contribution in [2.45, 2.75) is 57.8 Å². The Morgan fingerprint density at radius 2 is 0.493 bits per heavy atom. The Balaban J connectivity index is 0.999. The summed E-state index contributed by atoms with van der Waals surface area (Å²) in [4.78, 5) is 0. The third kappa shape index (κ3) is 7.33. The van der Waals surface area contributed by atoms with E-state index in [0.29, 0.717) is 0 Å². The number of hydrogen-bond donors (Lipinski definition) is 0. The first-order valence-corrected chi connectivity index (χ1v) is 28.5. The summed E-state index contributed by atoms with van der Waals surface area (Å²) >= 11 is 0. The molecule has 0 heterocycles. The fraction of sp³-hybridized carbons (Fsp3) is 0.130. The van der Waals surface area contributed by atoms with Crippen LogP contribution in [0.25, 0.3) is 34.9 Å². The minimum Gasteiger partial charge on any atom is -0.0619 e. The number of fused-ring (bicyclic) bond motifs is 6. The maximum atomic E-state index is 3.48. The summed E-state index contributed by atoms with van der Waals surface area (Å²) in [6.45, 7) is 11.9. The Bertz CT molecular complexity index is 3270. The number of hydrogen-bond acceptors (Lipinski definition) is 0. The lowest BCUT2D eigenvalue weighted by Gasteiger charge is -2.28. The van der Waals surface area contributed by atoms with Crippen LogP contribution < -0.4 is 15.9 Å². The third-order valence-electron chi connectivity index (χ3n) is 16.2. The molecule has 0 N–H and O–H groups in total. The summed E-state index contributed by atoms with van der Waals surface area (Å²) in [6.07, 6.45) is 7.24. The second-order valence-electron chi connectivity index (χ2n) is 21.3. The van der Waals surface area contributed by atoms with E-state index in [2.05, 4.69) is 287 Å². The average molecular weight is 950 g/mol. The highest BCUT2D eigenvalue weighted by Crippen LogP contribution is 2.63. The minimum absolute atomic E-state index is 0.145. The molecule has 9 aromatic rings. The zero-order valence-electron chi connectivity index (χ0n) is 41.5. The Hall–Kier alpha value is -6.94. The molecule has 12 rings (SSSR count). The molecule has 3 aliphatic rings. The lowest BCUT2D eigenvalue weighted by Crippen LogP contribution is -2.27. The molecule has 0 amide bonds. The smallest absolute Gasteiger partial charge is 0.0619 e. The summed E-state index contributed by atoms with van der Waals surface area (Å²) in [5.74, 6) is 0. The van der Waals surface area contributed by atoms with Crippen LogP contribution in [-0.4, -0.2) is 0 Å². The monoisotopic (exact) mass is 949 g/mol. The van der Waals surface area contributed by atoms with Crippen molar-refractivity contribution in [3.05, 3.63) is 302 Å². The van der Waals surface area contributed by atoms with Gasteiger partial charge in [0.1, 0.15) is 22.9 Å². The fourth-order valence-corrected chi connectivity index (χ4v) is 16.6. The van der Waals surface area contributed by atoms with Crippen LogP contribution in [0.1, 0.15) is 125 Å². The molecule has 0 aromatic heterocycles. The fourth-order valence-electron chi connectivity index (χ4n) is 12.3. The van der Waals surface area contributed by atoms with Gasteiger partial charge in [-0.15, -0.1) is 0 Å². The van der Waals surface area contributed by atoms with Crippen LogP contribution in [0, 0.1) is 0 Å². The van der Waals surface area contributed by atoms with Gasteiger partial charge in [0.15, 0.2) is 0 Å². The molecule has 344 valence electrons. The van der Waals surface area contributed by atoms with Gasteiger partial charge >= 0.3 is 0 Å². The van der Waals surface area contributed by atoms with E-state index in [9.17, 15) is 0 Å². The maximum absolute atomic E-state index is 3.48. The van der Waals surface area contributed by atoms with E-state index in [1.165, 1.54) is 116 Å². The van der Waals surface area contributed by atoms with Crippen LogP contribution in [0.2, 0.25) is 0 Å². The predicted molar refractivity (Wildman–Crippen MR) is 311 cm³/mol. The van der Waals surface area contributed by atoms with Crippen LogP contribution in [0.5, 0.6) is 0 Å². The van der Waals surface area contributed by atoms with Gasteiger partial charge in [0.25, 0.3) is 0 Å². The molecule has 1 atom stereocenters. The van der Waals surface area contributed by atoms with Crippen LogP contribution >= 0.6 is 15.9 Å². The first-order chi connectivity index (χ1) is 34.3. The van der Waals surface area contributed by atoms with E-state index >= 15 is 0 Å². The molecule has 0 spiro atoms. The lowest BCUT2D eigenvalue weighted by atomic mass is 9.75. The van der Waals surface area contributed by atoms with Crippen molar-refractivity contribution in [3.63, 3.8) is 0 Å². The highest BCUT2D eigenvalue weighted by atomic mass is 32.1. The summed E-state index contributed by atoms with van der Waals surface area (Å²) < 4.78 is 0. The van der Waals surface area contributed by atoms with E-state index in [0.717, 1.165) is 0 Å². The molecule has 3 aliphatic carbocycles. The van der Waals surface area contributed by atoms with Gasteiger partial charge in [0.05, 0.1) is 0 Å². The molecule has 9 aromatic carbocycles. The molecule has 0 fully saturated rings. The molecular weight excluding hydrogens is 891 g/mol. The van der Waals surface area contributed by atoms with E-state index in [-0.39, 0.29) is 16.2 Å². The van der Waals surface area contributed by atoms with Crippen molar-refractivity contribution < 1.29 is 0 Å². The van der Waals surface area contributed by atoms with E-state index in [4.69, 9.17) is 0 Å². The van der Waals surface area contributed by atoms with Crippen LogP contribution in [0.15, 0.2) is 218 Å². The summed E-state index contributed by atoms with van der Waals surface area (Å²) in [5, 5.41) is 3.96.